The van der Waals surface area contributed by atoms with Crippen LogP contribution in [0.25, 0.3) is 0 Å². The van der Waals surface area contributed by atoms with Crippen LogP contribution in [0.4, 0.5) is 10.8 Å². The highest BCUT2D eigenvalue weighted by Crippen LogP contribution is 2.45. The molecule has 4 amide bonds. The number of hydrogen-bond donors (Lipinski definition) is 3. The maximum atomic E-state index is 14.8. The number of ether oxygens (including phenoxy) is 1. The molecule has 15 nitrogen and oxygen atoms in total. The van der Waals surface area contributed by atoms with Gasteiger partial charge in [0.1, 0.15) is 23.7 Å². The highest BCUT2D eigenvalue weighted by Gasteiger charge is 2.62. The van der Waals surface area contributed by atoms with Crippen LogP contribution in [0.15, 0.2) is 35.3 Å². The predicted molar refractivity (Wildman–Crippen MR) is 195 cm³/mol. The Balaban J connectivity index is 1.09. The fraction of sp³-hybridized carbons (Fsp3) is 0.632. The lowest BCUT2D eigenvalue weighted by molar-refractivity contribution is -0.141. The first-order valence-corrected chi connectivity index (χ1v) is 21.0. The highest BCUT2D eigenvalue weighted by atomic mass is 32.2. The lowest BCUT2D eigenvalue weighted by atomic mass is 9.83. The average molecular weight is 764 g/mol. The van der Waals surface area contributed by atoms with Crippen LogP contribution in [0.1, 0.15) is 99.6 Å². The summed E-state index contributed by atoms with van der Waals surface area (Å²) >= 11 is 0. The molecule has 3 aliphatic carbocycles. The molecule has 1 aromatic heterocycles. The number of hydrogen-bond acceptors (Lipinski definition) is 11. The van der Waals surface area contributed by atoms with E-state index in [1.807, 2.05) is 12.1 Å². The van der Waals surface area contributed by atoms with Crippen molar-refractivity contribution in [1.29, 1.82) is 0 Å². The number of nitrogens with one attached hydrogen (secondary N) is 3. The Hall–Kier alpha value is -4.47. The Kier molecular flexibility index (Phi) is 9.90. The van der Waals surface area contributed by atoms with Crippen LogP contribution < -0.4 is 15.4 Å². The summed E-state index contributed by atoms with van der Waals surface area (Å²) < 4.78 is 39.7. The fourth-order valence-electron chi connectivity index (χ4n) is 8.81. The van der Waals surface area contributed by atoms with E-state index in [4.69, 9.17) is 9.15 Å². The van der Waals surface area contributed by atoms with Gasteiger partial charge in [0.25, 0.3) is 5.91 Å². The molecule has 0 radical (unpaired) electrons. The van der Waals surface area contributed by atoms with Crippen molar-refractivity contribution in [2.24, 2.45) is 11.8 Å². The predicted octanol–water partition coefficient (Wildman–Crippen LogP) is 3.49. The third-order valence-corrected chi connectivity index (χ3v) is 14.0. The first kappa shape index (κ1) is 36.5. The Morgan fingerprint density at radius 2 is 1.74 bits per heavy atom. The monoisotopic (exact) mass is 763 g/mol. The molecule has 290 valence electrons. The van der Waals surface area contributed by atoms with E-state index in [-0.39, 0.29) is 37.2 Å². The molecule has 1 aromatic carbocycles. The second kappa shape index (κ2) is 14.6. The largest absolute Gasteiger partial charge is 0.444 e. The zero-order valence-electron chi connectivity index (χ0n) is 30.5. The quantitative estimate of drug-likeness (QED) is 0.350. The number of sulfonamides is 1. The lowest BCUT2D eigenvalue weighted by Gasteiger charge is -2.34. The third-order valence-electron chi connectivity index (χ3n) is 12.2. The summed E-state index contributed by atoms with van der Waals surface area (Å²) in [5, 5.41) is 13.9. The SMILES string of the molecule is C=C[C@H]1C[C@]1(NC(=O)[C@@H]1C[C@@H]2CN1C(=O)[C@H](C1CCCCC1)Nc1nnc(o1)CCCCCc1cccc3c1CN(C3)C(=O)O2)C(=O)NS(=O)(=O)C1CC1. The molecule has 3 N–H and O–H groups in total. The van der Waals surface area contributed by atoms with E-state index < -0.39 is 62.8 Å². The molecule has 0 unspecified atom stereocenters. The van der Waals surface area contributed by atoms with Gasteiger partial charge >= 0.3 is 12.1 Å². The number of nitrogens with zero attached hydrogens (tertiary/aromatic N) is 4. The van der Waals surface area contributed by atoms with Crippen molar-refractivity contribution >= 4 is 39.9 Å². The summed E-state index contributed by atoms with van der Waals surface area (Å²) in [5.74, 6) is -1.94. The summed E-state index contributed by atoms with van der Waals surface area (Å²) in [6.07, 6.45) is 10.0. The van der Waals surface area contributed by atoms with Crippen molar-refractivity contribution in [3.05, 3.63) is 53.4 Å². The molecule has 16 heteroatoms. The van der Waals surface area contributed by atoms with Gasteiger partial charge in [-0.3, -0.25) is 24.0 Å². The van der Waals surface area contributed by atoms with Crippen molar-refractivity contribution < 1.29 is 36.7 Å². The summed E-state index contributed by atoms with van der Waals surface area (Å²) in [6.45, 7) is 4.56. The van der Waals surface area contributed by atoms with E-state index in [1.54, 1.807) is 4.90 Å². The Bertz CT molecular complexity index is 1920. The number of aryl methyl sites for hydroxylation is 2. The minimum absolute atomic E-state index is 0.00568. The van der Waals surface area contributed by atoms with Crippen molar-refractivity contribution in [3.63, 3.8) is 0 Å². The van der Waals surface area contributed by atoms with Gasteiger partial charge in [0, 0.05) is 31.8 Å². The molecular weight excluding hydrogens is 715 g/mol. The summed E-state index contributed by atoms with van der Waals surface area (Å²) in [5.41, 5.74) is 1.86. The van der Waals surface area contributed by atoms with Crippen LogP contribution in [0.3, 0.4) is 0 Å². The fourth-order valence-corrected chi connectivity index (χ4v) is 10.2. The van der Waals surface area contributed by atoms with Crippen LogP contribution in [0.2, 0.25) is 0 Å². The Morgan fingerprint density at radius 1 is 0.981 bits per heavy atom. The van der Waals surface area contributed by atoms with E-state index in [0.717, 1.165) is 68.9 Å². The Labute approximate surface area is 315 Å². The minimum atomic E-state index is -3.89. The molecule has 4 fully saturated rings. The minimum Gasteiger partial charge on any atom is -0.444 e. The zero-order chi connectivity index (χ0) is 37.6. The van der Waals surface area contributed by atoms with Crippen LogP contribution in [-0.2, 0) is 55.1 Å². The number of carbonyl (C=O) groups is 4. The van der Waals surface area contributed by atoms with Gasteiger partial charge in [0.05, 0.1) is 11.8 Å². The van der Waals surface area contributed by atoms with Gasteiger partial charge in [-0.15, -0.1) is 11.7 Å². The number of anilines is 1. The number of amides is 4. The van der Waals surface area contributed by atoms with E-state index in [2.05, 4.69) is 38.2 Å². The summed E-state index contributed by atoms with van der Waals surface area (Å²) in [4.78, 5) is 59.5. The van der Waals surface area contributed by atoms with Crippen LogP contribution in [-0.4, -0.2) is 87.8 Å². The van der Waals surface area contributed by atoms with Gasteiger partial charge in [-0.05, 0) is 74.0 Å². The number of benzene rings is 1. The number of fused-ring (bicyclic) bond motifs is 5. The molecule has 1 saturated heterocycles. The molecule has 4 heterocycles. The van der Waals surface area contributed by atoms with Gasteiger partial charge < -0.3 is 24.7 Å². The number of rotatable bonds is 7. The first-order chi connectivity index (χ1) is 26.0. The normalized spacial score (nSPS) is 29.2. The molecule has 8 rings (SSSR count). The van der Waals surface area contributed by atoms with Crippen LogP contribution >= 0.6 is 0 Å². The van der Waals surface area contributed by atoms with E-state index >= 15 is 0 Å². The number of aromatic nitrogens is 2. The highest BCUT2D eigenvalue weighted by molar-refractivity contribution is 7.91. The molecule has 6 bridgehead atoms. The van der Waals surface area contributed by atoms with Crippen LogP contribution in [0.5, 0.6) is 0 Å². The zero-order valence-corrected chi connectivity index (χ0v) is 31.3. The maximum absolute atomic E-state index is 14.8. The molecule has 54 heavy (non-hydrogen) atoms. The van der Waals surface area contributed by atoms with Crippen molar-refractivity contribution in [1.82, 2.24) is 30.0 Å². The Morgan fingerprint density at radius 3 is 2.50 bits per heavy atom. The average Bonchev–Trinajstić information content (AvgIpc) is 3.98. The molecule has 6 aliphatic rings. The van der Waals surface area contributed by atoms with Gasteiger partial charge in [0.2, 0.25) is 27.7 Å². The number of carbonyl (C=O) groups excluding carboxylic acids is 4. The summed E-state index contributed by atoms with van der Waals surface area (Å²) in [7, 11) is -3.89. The van der Waals surface area contributed by atoms with Crippen LogP contribution in [0, 0.1) is 11.8 Å². The molecule has 0 spiro atoms. The smallest absolute Gasteiger partial charge is 0.410 e. The second-order valence-corrected chi connectivity index (χ2v) is 17.9. The first-order valence-electron chi connectivity index (χ1n) is 19.5. The second-order valence-electron chi connectivity index (χ2n) is 15.9. The topological polar surface area (TPSA) is 193 Å². The standard InChI is InChI=1S/C38H49N7O8S/c1-2-26-19-38(26,35(48)43-54(50,51)28-16-17-28)40-33(46)30-18-27-21-45(30)34(47)32(24-11-6-3-7-12-24)39-36-42-41-31(53-36)15-8-4-5-10-23-13-9-14-25-20-44(22-29(23)25)37(49)52-27/h2,9,13-14,24,26-28,30,32H,1,3-8,10-12,15-22H2,(H,39,42)(H,40,46)(H,43,48)/t26-,27+,30-,32-,38+/m0/s1. The maximum Gasteiger partial charge on any atom is 0.410 e. The molecule has 5 atom stereocenters. The molecular formula is C38H49N7O8S. The van der Waals surface area contributed by atoms with E-state index in [0.29, 0.717) is 38.2 Å². The van der Waals surface area contributed by atoms with Crippen molar-refractivity contribution in [2.45, 2.75) is 132 Å². The lowest BCUT2D eigenvalue weighted by Crippen LogP contribution is -2.58. The van der Waals surface area contributed by atoms with Gasteiger partial charge in [0.15, 0.2) is 0 Å². The van der Waals surface area contributed by atoms with Crippen molar-refractivity contribution in [3.8, 4) is 0 Å². The molecule has 3 aliphatic heterocycles. The van der Waals surface area contributed by atoms with Gasteiger partial charge in [-0.2, -0.15) is 0 Å². The summed E-state index contributed by atoms with van der Waals surface area (Å²) in [6, 6.07) is 4.36. The van der Waals surface area contributed by atoms with Crippen molar-refractivity contribution in [2.75, 3.05) is 11.9 Å². The van der Waals surface area contributed by atoms with E-state index in [9.17, 15) is 27.6 Å². The van der Waals surface area contributed by atoms with Gasteiger partial charge in [-0.1, -0.05) is 55.1 Å². The van der Waals surface area contributed by atoms with E-state index in [1.165, 1.54) is 16.5 Å². The molecule has 3 saturated carbocycles. The molecule has 2 aromatic rings. The third kappa shape index (κ3) is 7.32. The van der Waals surface area contributed by atoms with Gasteiger partial charge in [-0.25, -0.2) is 13.2 Å².